The molecule has 2 aromatic rings. The molecule has 84 valence electrons. The van der Waals surface area contributed by atoms with E-state index in [9.17, 15) is 0 Å². The Bertz CT molecular complexity index is 453. The Morgan fingerprint density at radius 2 is 1.35 bits per heavy atom. The maximum atomic E-state index is 8.55. The Morgan fingerprint density at radius 3 is 1.76 bits per heavy atom. The van der Waals surface area contributed by atoms with Gasteiger partial charge >= 0.3 is 107 Å². The zero-order valence-electron chi connectivity index (χ0n) is 9.11. The van der Waals surface area contributed by atoms with Crippen molar-refractivity contribution in [3.8, 4) is 6.26 Å². The van der Waals surface area contributed by atoms with Gasteiger partial charge in [-0.2, -0.15) is 0 Å². The molecule has 17 heavy (non-hydrogen) atoms. The number of nitriles is 1. The summed E-state index contributed by atoms with van der Waals surface area (Å²) in [6, 6.07) is 20.3. The van der Waals surface area contributed by atoms with Gasteiger partial charge in [0.15, 0.2) is 0 Å². The molecule has 2 rings (SSSR count). The van der Waals surface area contributed by atoms with Crippen molar-refractivity contribution in [2.24, 2.45) is 0 Å². The van der Waals surface area contributed by atoms with Crippen molar-refractivity contribution in [3.05, 3.63) is 71.8 Å². The molecule has 0 bridgehead atoms. The first-order valence-corrected chi connectivity index (χ1v) is 6.92. The van der Waals surface area contributed by atoms with Crippen molar-refractivity contribution >= 4 is 15.3 Å². The van der Waals surface area contributed by atoms with E-state index in [0.717, 1.165) is 0 Å². The molecule has 0 atom stereocenters. The van der Waals surface area contributed by atoms with Crippen LogP contribution in [0.15, 0.2) is 60.7 Å². The second kappa shape index (κ2) is 6.10. The van der Waals surface area contributed by atoms with Crippen molar-refractivity contribution in [3.63, 3.8) is 0 Å². The van der Waals surface area contributed by atoms with E-state index in [4.69, 9.17) is 9.08 Å². The molecule has 2 aromatic carbocycles. The summed E-state index contributed by atoms with van der Waals surface area (Å²) in [6.07, 6.45) is 1.77. The standard InChI is InChI=1S/C14H11NOSe/c15-11-16-17-14(12-7-3-1-4-8-12)13-9-5-2-6-10-13/h1-10,14H. The SMILES string of the molecule is N#CO[Se]C(c1ccccc1)c1ccccc1. The third kappa shape index (κ3) is 3.10. The van der Waals surface area contributed by atoms with Crippen LogP contribution in [-0.2, 0) is 3.82 Å². The number of rotatable bonds is 4. The summed E-state index contributed by atoms with van der Waals surface area (Å²) in [6.45, 7) is 0. The molecule has 0 N–H and O–H groups in total. The topological polar surface area (TPSA) is 33.0 Å². The van der Waals surface area contributed by atoms with Crippen LogP contribution in [0.5, 0.6) is 0 Å². The average Bonchev–Trinajstić information content (AvgIpc) is 2.42. The van der Waals surface area contributed by atoms with Crippen LogP contribution in [0.25, 0.3) is 0 Å². The molecule has 0 aromatic heterocycles. The quantitative estimate of drug-likeness (QED) is 0.640. The van der Waals surface area contributed by atoms with Crippen molar-refractivity contribution in [1.29, 1.82) is 5.26 Å². The molecule has 0 heterocycles. The third-order valence-corrected chi connectivity index (χ3v) is 4.29. The van der Waals surface area contributed by atoms with Gasteiger partial charge in [0.25, 0.3) is 0 Å². The Kier molecular flexibility index (Phi) is 4.21. The molecular formula is C14H11NOSe. The summed E-state index contributed by atoms with van der Waals surface area (Å²) in [5.74, 6) is 0. The van der Waals surface area contributed by atoms with Crippen LogP contribution in [0, 0.1) is 11.5 Å². The van der Waals surface area contributed by atoms with Crippen molar-refractivity contribution in [2.75, 3.05) is 0 Å². The van der Waals surface area contributed by atoms with Crippen LogP contribution in [0.3, 0.4) is 0 Å². The Morgan fingerprint density at radius 1 is 0.882 bits per heavy atom. The minimum atomic E-state index is -0.211. The number of hydrogen-bond acceptors (Lipinski definition) is 2. The number of nitrogens with zero attached hydrogens (tertiary/aromatic N) is 1. The van der Waals surface area contributed by atoms with Gasteiger partial charge in [-0.05, 0) is 0 Å². The first kappa shape index (κ1) is 11.7. The van der Waals surface area contributed by atoms with Gasteiger partial charge in [-0.15, -0.1) is 0 Å². The van der Waals surface area contributed by atoms with E-state index in [1.54, 1.807) is 6.26 Å². The molecule has 0 aliphatic carbocycles. The predicted molar refractivity (Wildman–Crippen MR) is 67.2 cm³/mol. The molecule has 0 amide bonds. The minimum absolute atomic E-state index is 0.171. The summed E-state index contributed by atoms with van der Waals surface area (Å²) in [7, 11) is 0. The summed E-state index contributed by atoms with van der Waals surface area (Å²) in [4.78, 5) is 0.171. The molecule has 0 aliphatic heterocycles. The summed E-state index contributed by atoms with van der Waals surface area (Å²) >= 11 is -0.211. The Labute approximate surface area is 107 Å². The Balaban J connectivity index is 2.30. The van der Waals surface area contributed by atoms with E-state index in [1.165, 1.54) is 11.1 Å². The van der Waals surface area contributed by atoms with E-state index in [1.807, 2.05) is 36.4 Å². The number of hydrogen-bond donors (Lipinski definition) is 0. The third-order valence-electron chi connectivity index (χ3n) is 2.39. The van der Waals surface area contributed by atoms with Gasteiger partial charge in [-0.25, -0.2) is 0 Å². The first-order chi connectivity index (χ1) is 8.42. The van der Waals surface area contributed by atoms with Crippen molar-refractivity contribution in [2.45, 2.75) is 4.82 Å². The fraction of sp³-hybridized carbons (Fsp3) is 0.0714. The van der Waals surface area contributed by atoms with E-state index in [0.29, 0.717) is 0 Å². The molecule has 3 heteroatoms. The van der Waals surface area contributed by atoms with Crippen LogP contribution in [-0.4, -0.2) is 15.3 Å². The van der Waals surface area contributed by atoms with E-state index < -0.39 is 0 Å². The van der Waals surface area contributed by atoms with Crippen LogP contribution in [0.4, 0.5) is 0 Å². The van der Waals surface area contributed by atoms with Gasteiger partial charge in [-0.3, -0.25) is 0 Å². The van der Waals surface area contributed by atoms with Gasteiger partial charge in [-0.1, -0.05) is 0 Å². The van der Waals surface area contributed by atoms with Gasteiger partial charge in [0.05, 0.1) is 0 Å². The second-order valence-electron chi connectivity index (χ2n) is 3.47. The average molecular weight is 288 g/mol. The normalized spacial score (nSPS) is 9.88. The van der Waals surface area contributed by atoms with Crippen molar-refractivity contribution < 1.29 is 3.82 Å². The second-order valence-corrected chi connectivity index (χ2v) is 5.21. The van der Waals surface area contributed by atoms with Crippen LogP contribution < -0.4 is 0 Å². The summed E-state index contributed by atoms with van der Waals surface area (Å²) < 4.78 is 4.97. The van der Waals surface area contributed by atoms with E-state index in [2.05, 4.69) is 24.3 Å². The summed E-state index contributed by atoms with van der Waals surface area (Å²) in [5, 5.41) is 8.55. The fourth-order valence-electron chi connectivity index (χ4n) is 1.63. The van der Waals surface area contributed by atoms with Gasteiger partial charge in [0.2, 0.25) is 0 Å². The zero-order valence-corrected chi connectivity index (χ0v) is 10.8. The molecule has 0 saturated heterocycles. The molecule has 2 nitrogen and oxygen atoms in total. The van der Waals surface area contributed by atoms with Crippen molar-refractivity contribution in [1.82, 2.24) is 0 Å². The molecule has 0 spiro atoms. The maximum absolute atomic E-state index is 8.55. The predicted octanol–water partition coefficient (Wildman–Crippen LogP) is 2.89. The number of benzene rings is 2. The monoisotopic (exact) mass is 289 g/mol. The van der Waals surface area contributed by atoms with E-state index >= 15 is 0 Å². The van der Waals surface area contributed by atoms with Gasteiger partial charge in [0, 0.05) is 0 Å². The van der Waals surface area contributed by atoms with Crippen LogP contribution >= 0.6 is 0 Å². The van der Waals surface area contributed by atoms with Crippen LogP contribution in [0.1, 0.15) is 15.9 Å². The fourth-order valence-corrected chi connectivity index (χ4v) is 3.05. The molecule has 0 radical (unpaired) electrons. The molecule has 0 unspecified atom stereocenters. The first-order valence-electron chi connectivity index (χ1n) is 5.23. The Hall–Kier alpha value is -1.75. The van der Waals surface area contributed by atoms with Gasteiger partial charge < -0.3 is 0 Å². The molecule has 0 aliphatic rings. The molecule has 0 fully saturated rings. The molecule has 0 saturated carbocycles. The van der Waals surface area contributed by atoms with Gasteiger partial charge in [0.1, 0.15) is 0 Å². The zero-order chi connectivity index (χ0) is 11.9. The summed E-state index contributed by atoms with van der Waals surface area (Å²) in [5.41, 5.74) is 2.38. The molecular weight excluding hydrogens is 277 g/mol. The van der Waals surface area contributed by atoms with E-state index in [-0.39, 0.29) is 20.1 Å². The van der Waals surface area contributed by atoms with Crippen LogP contribution in [0.2, 0.25) is 0 Å².